The zero-order chi connectivity index (χ0) is 17.9. The summed E-state index contributed by atoms with van der Waals surface area (Å²) in [7, 11) is 3.46. The van der Waals surface area contributed by atoms with Crippen molar-refractivity contribution >= 4 is 41.3 Å². The number of aryl methyl sites for hydroxylation is 1. The molecule has 2 N–H and O–H groups in total. The van der Waals surface area contributed by atoms with Gasteiger partial charge in [0, 0.05) is 20.1 Å². The molecule has 0 unspecified atom stereocenters. The number of aliphatic imine (C=N–C) groups is 1. The molecule has 0 fully saturated rings. The van der Waals surface area contributed by atoms with Gasteiger partial charge >= 0.3 is 0 Å². The molecule has 0 aliphatic rings. The fourth-order valence-corrected chi connectivity index (χ4v) is 3.11. The molecular formula is C19H28IN3O2S. The molecular weight excluding hydrogens is 461 g/mol. The number of rotatable bonds is 9. The van der Waals surface area contributed by atoms with Crippen LogP contribution in [0.15, 0.2) is 40.0 Å². The average molecular weight is 489 g/mol. The number of nitrogens with zero attached hydrogens (tertiary/aromatic N) is 1. The molecule has 2 rings (SSSR count). The van der Waals surface area contributed by atoms with Gasteiger partial charge in [-0.05, 0) is 59.9 Å². The fourth-order valence-electron chi connectivity index (χ4n) is 2.44. The van der Waals surface area contributed by atoms with Crippen molar-refractivity contribution in [2.45, 2.75) is 26.3 Å². The largest absolute Gasteiger partial charge is 0.493 e. The summed E-state index contributed by atoms with van der Waals surface area (Å²) in [5.41, 5.74) is 2.52. The number of nitrogens with one attached hydrogen (secondary N) is 2. The Morgan fingerprint density at radius 3 is 2.65 bits per heavy atom. The molecule has 26 heavy (non-hydrogen) atoms. The highest BCUT2D eigenvalue weighted by molar-refractivity contribution is 14.0. The van der Waals surface area contributed by atoms with E-state index < -0.39 is 0 Å². The van der Waals surface area contributed by atoms with Crippen LogP contribution < -0.4 is 20.1 Å². The normalized spacial score (nSPS) is 10.8. The van der Waals surface area contributed by atoms with Crippen LogP contribution in [0.2, 0.25) is 0 Å². The Labute approximate surface area is 177 Å². The van der Waals surface area contributed by atoms with Crippen LogP contribution in [0.1, 0.15) is 24.5 Å². The van der Waals surface area contributed by atoms with E-state index in [1.165, 1.54) is 11.1 Å². The molecule has 2 aromatic rings. The third kappa shape index (κ3) is 7.41. The molecule has 5 nitrogen and oxygen atoms in total. The van der Waals surface area contributed by atoms with Gasteiger partial charge in [-0.1, -0.05) is 6.07 Å². The third-order valence-electron chi connectivity index (χ3n) is 3.73. The summed E-state index contributed by atoms with van der Waals surface area (Å²) >= 11 is 1.71. The van der Waals surface area contributed by atoms with Crippen molar-refractivity contribution in [1.82, 2.24) is 10.6 Å². The summed E-state index contributed by atoms with van der Waals surface area (Å²) in [5, 5.41) is 10.9. The first-order valence-corrected chi connectivity index (χ1v) is 9.46. The van der Waals surface area contributed by atoms with Gasteiger partial charge in [0.05, 0.1) is 13.7 Å². The molecule has 144 valence electrons. The van der Waals surface area contributed by atoms with E-state index in [1.807, 2.05) is 13.0 Å². The first-order chi connectivity index (χ1) is 12.3. The monoisotopic (exact) mass is 489 g/mol. The minimum atomic E-state index is 0. The van der Waals surface area contributed by atoms with Gasteiger partial charge in [-0.3, -0.25) is 4.99 Å². The lowest BCUT2D eigenvalue weighted by molar-refractivity contribution is 0.310. The van der Waals surface area contributed by atoms with Gasteiger partial charge in [0.1, 0.15) is 0 Å². The number of methoxy groups -OCH3 is 1. The Balaban J connectivity index is 0.00000338. The van der Waals surface area contributed by atoms with Gasteiger partial charge in [0.2, 0.25) is 0 Å². The van der Waals surface area contributed by atoms with Crippen LogP contribution in [0.3, 0.4) is 0 Å². The summed E-state index contributed by atoms with van der Waals surface area (Å²) in [6, 6.07) is 8.23. The first-order valence-electron chi connectivity index (χ1n) is 8.52. The highest BCUT2D eigenvalue weighted by Gasteiger charge is 2.05. The molecule has 1 heterocycles. The molecule has 0 saturated carbocycles. The topological polar surface area (TPSA) is 54.9 Å². The van der Waals surface area contributed by atoms with Crippen LogP contribution in [-0.2, 0) is 13.0 Å². The molecule has 0 aliphatic heterocycles. The summed E-state index contributed by atoms with van der Waals surface area (Å²) in [5.74, 6) is 2.42. The van der Waals surface area contributed by atoms with Gasteiger partial charge in [0.25, 0.3) is 0 Å². The van der Waals surface area contributed by atoms with Crippen LogP contribution in [0.5, 0.6) is 11.5 Å². The van der Waals surface area contributed by atoms with E-state index in [1.54, 1.807) is 25.5 Å². The van der Waals surface area contributed by atoms with Crippen molar-refractivity contribution in [2.24, 2.45) is 4.99 Å². The van der Waals surface area contributed by atoms with Crippen molar-refractivity contribution in [3.63, 3.8) is 0 Å². The van der Waals surface area contributed by atoms with Crippen molar-refractivity contribution in [1.29, 1.82) is 0 Å². The molecule has 0 amide bonds. The SMILES string of the molecule is CCOc1cc(CCCNC(=NC)NCc2ccsc2)ccc1OC.I. The summed E-state index contributed by atoms with van der Waals surface area (Å²) < 4.78 is 11.0. The van der Waals surface area contributed by atoms with Crippen LogP contribution in [0.4, 0.5) is 0 Å². The van der Waals surface area contributed by atoms with Crippen molar-refractivity contribution in [3.05, 3.63) is 46.2 Å². The van der Waals surface area contributed by atoms with Crippen molar-refractivity contribution in [3.8, 4) is 11.5 Å². The molecule has 1 aromatic carbocycles. The number of ether oxygens (including phenoxy) is 2. The molecule has 0 radical (unpaired) electrons. The van der Waals surface area contributed by atoms with E-state index in [0.29, 0.717) is 6.61 Å². The lowest BCUT2D eigenvalue weighted by Crippen LogP contribution is -2.37. The lowest BCUT2D eigenvalue weighted by Gasteiger charge is -2.13. The maximum Gasteiger partial charge on any atom is 0.191 e. The minimum Gasteiger partial charge on any atom is -0.493 e. The standard InChI is InChI=1S/C19H27N3O2S.HI/c1-4-24-18-12-15(7-8-17(18)23-3)6-5-10-21-19(20-2)22-13-16-9-11-25-14-16;/h7-9,11-12,14H,4-6,10,13H2,1-3H3,(H2,20,21,22);1H. The van der Waals surface area contributed by atoms with Gasteiger partial charge in [-0.2, -0.15) is 11.3 Å². The smallest absolute Gasteiger partial charge is 0.191 e. The quantitative estimate of drug-likeness (QED) is 0.241. The van der Waals surface area contributed by atoms with E-state index in [9.17, 15) is 0 Å². The Hall–Kier alpha value is -1.48. The number of guanidine groups is 1. The number of hydrogen-bond acceptors (Lipinski definition) is 4. The molecule has 0 saturated heterocycles. The third-order valence-corrected chi connectivity index (χ3v) is 4.46. The zero-order valence-corrected chi connectivity index (χ0v) is 18.7. The Morgan fingerprint density at radius 1 is 1.15 bits per heavy atom. The van der Waals surface area contributed by atoms with Crippen LogP contribution >= 0.6 is 35.3 Å². The van der Waals surface area contributed by atoms with E-state index in [4.69, 9.17) is 9.47 Å². The Bertz CT molecular complexity index is 663. The average Bonchev–Trinajstić information content (AvgIpc) is 3.15. The molecule has 0 aliphatic carbocycles. The van der Waals surface area contributed by atoms with Gasteiger partial charge in [-0.25, -0.2) is 0 Å². The van der Waals surface area contributed by atoms with Gasteiger partial charge in [-0.15, -0.1) is 24.0 Å². The number of hydrogen-bond donors (Lipinski definition) is 2. The van der Waals surface area contributed by atoms with E-state index in [2.05, 4.69) is 44.6 Å². The Kier molecular flexibility index (Phi) is 11.1. The maximum absolute atomic E-state index is 5.63. The second-order valence-corrected chi connectivity index (χ2v) is 6.29. The highest BCUT2D eigenvalue weighted by atomic mass is 127. The van der Waals surface area contributed by atoms with Crippen molar-refractivity contribution < 1.29 is 9.47 Å². The highest BCUT2D eigenvalue weighted by Crippen LogP contribution is 2.28. The second kappa shape index (κ2) is 12.8. The van der Waals surface area contributed by atoms with Crippen molar-refractivity contribution in [2.75, 3.05) is 27.3 Å². The Morgan fingerprint density at radius 2 is 2.00 bits per heavy atom. The van der Waals surface area contributed by atoms with Crippen LogP contribution in [0.25, 0.3) is 0 Å². The fraction of sp³-hybridized carbons (Fsp3) is 0.421. The van der Waals surface area contributed by atoms with E-state index in [0.717, 1.165) is 43.4 Å². The summed E-state index contributed by atoms with van der Waals surface area (Å²) in [4.78, 5) is 4.25. The second-order valence-electron chi connectivity index (χ2n) is 5.51. The van der Waals surface area contributed by atoms with Gasteiger partial charge in [0.15, 0.2) is 17.5 Å². The predicted molar refractivity (Wildman–Crippen MR) is 120 cm³/mol. The van der Waals surface area contributed by atoms with E-state index in [-0.39, 0.29) is 24.0 Å². The van der Waals surface area contributed by atoms with Crippen LogP contribution in [-0.4, -0.2) is 33.3 Å². The molecule has 1 aromatic heterocycles. The minimum absolute atomic E-state index is 0. The maximum atomic E-state index is 5.63. The number of thiophene rings is 1. The summed E-state index contributed by atoms with van der Waals surface area (Å²) in [6.07, 6.45) is 1.98. The number of halogens is 1. The first kappa shape index (κ1) is 22.6. The zero-order valence-electron chi connectivity index (χ0n) is 15.6. The number of benzene rings is 1. The predicted octanol–water partition coefficient (Wildman–Crippen LogP) is 4.07. The molecule has 0 spiro atoms. The van der Waals surface area contributed by atoms with E-state index >= 15 is 0 Å². The molecule has 0 bridgehead atoms. The molecule has 0 atom stereocenters. The van der Waals surface area contributed by atoms with Crippen LogP contribution in [0, 0.1) is 0 Å². The lowest BCUT2D eigenvalue weighted by atomic mass is 10.1. The van der Waals surface area contributed by atoms with Gasteiger partial charge < -0.3 is 20.1 Å². The summed E-state index contributed by atoms with van der Waals surface area (Å²) in [6.45, 7) is 4.26. The molecule has 7 heteroatoms.